The first-order valence-corrected chi connectivity index (χ1v) is 3.92. The number of rotatable bonds is 1. The van der Waals surface area contributed by atoms with Crippen LogP contribution in [-0.4, -0.2) is 25.3 Å². The first kappa shape index (κ1) is 8.61. The number of phenols is 1. The smallest absolute Gasteiger partial charge is 0.166 e. The Morgan fingerprint density at radius 3 is 2.79 bits per heavy atom. The molecule has 6 heteroatoms. The quantitative estimate of drug-likeness (QED) is 0.729. The molecule has 14 heavy (non-hydrogen) atoms. The van der Waals surface area contributed by atoms with Crippen LogP contribution in [0.2, 0.25) is 0 Å². The third kappa shape index (κ3) is 1.30. The maximum absolute atomic E-state index is 13.0. The lowest BCUT2D eigenvalue weighted by Crippen LogP contribution is -1.99. The Labute approximate surface area is 78.8 Å². The first-order chi connectivity index (χ1) is 6.68. The number of halogens is 1. The molecule has 0 amide bonds. The molecule has 0 atom stereocenters. The molecular formula is C8H7FN4O. The van der Waals surface area contributed by atoms with Gasteiger partial charge in [-0.25, -0.2) is 4.39 Å². The number of tetrazole rings is 1. The Balaban J connectivity index is 2.53. The molecule has 0 aliphatic rings. The van der Waals surface area contributed by atoms with Crippen LogP contribution in [0, 0.1) is 12.7 Å². The van der Waals surface area contributed by atoms with E-state index in [4.69, 9.17) is 5.11 Å². The highest BCUT2D eigenvalue weighted by molar-refractivity contribution is 5.37. The fourth-order valence-corrected chi connectivity index (χ4v) is 1.10. The number of benzene rings is 1. The normalized spacial score (nSPS) is 10.4. The predicted molar refractivity (Wildman–Crippen MR) is 45.5 cm³/mol. The van der Waals surface area contributed by atoms with Crippen molar-refractivity contribution < 1.29 is 9.50 Å². The maximum Gasteiger partial charge on any atom is 0.166 e. The Morgan fingerprint density at radius 2 is 2.21 bits per heavy atom. The van der Waals surface area contributed by atoms with Crippen LogP contribution in [0.1, 0.15) is 5.82 Å². The van der Waals surface area contributed by atoms with Gasteiger partial charge in [-0.1, -0.05) is 0 Å². The van der Waals surface area contributed by atoms with Crippen LogP contribution < -0.4 is 0 Å². The van der Waals surface area contributed by atoms with E-state index in [9.17, 15) is 4.39 Å². The number of hydrogen-bond donors (Lipinski definition) is 1. The lowest BCUT2D eigenvalue weighted by Gasteiger charge is -2.01. The monoisotopic (exact) mass is 194 g/mol. The number of hydrogen-bond acceptors (Lipinski definition) is 4. The van der Waals surface area contributed by atoms with Crippen molar-refractivity contribution in [2.24, 2.45) is 0 Å². The summed E-state index contributed by atoms with van der Waals surface area (Å²) in [4.78, 5) is 0. The van der Waals surface area contributed by atoms with Crippen molar-refractivity contribution in [2.45, 2.75) is 6.92 Å². The second kappa shape index (κ2) is 3.06. The standard InChI is InChI=1S/C8H7FN4O/c1-5-10-11-12-13(5)6-2-3-8(14)7(9)4-6/h2-4,14H,1H3. The van der Waals surface area contributed by atoms with Crippen LogP contribution in [0.5, 0.6) is 5.75 Å². The lowest BCUT2D eigenvalue weighted by atomic mass is 10.3. The fourth-order valence-electron chi connectivity index (χ4n) is 1.10. The molecule has 1 aromatic heterocycles. The molecule has 1 N–H and O–H groups in total. The molecule has 0 saturated carbocycles. The summed E-state index contributed by atoms with van der Waals surface area (Å²) in [6, 6.07) is 3.95. The minimum absolute atomic E-state index is 0.389. The van der Waals surface area contributed by atoms with Gasteiger partial charge in [0.25, 0.3) is 0 Å². The molecule has 1 aromatic carbocycles. The van der Waals surface area contributed by atoms with Crippen LogP contribution in [-0.2, 0) is 0 Å². The lowest BCUT2D eigenvalue weighted by molar-refractivity contribution is 0.432. The molecule has 0 unspecified atom stereocenters. The van der Waals surface area contributed by atoms with E-state index >= 15 is 0 Å². The molecule has 2 aromatic rings. The van der Waals surface area contributed by atoms with Crippen molar-refractivity contribution in [3.8, 4) is 11.4 Å². The highest BCUT2D eigenvalue weighted by Gasteiger charge is 2.06. The van der Waals surface area contributed by atoms with Gasteiger partial charge in [-0.2, -0.15) is 4.68 Å². The average Bonchev–Trinajstić information content (AvgIpc) is 2.57. The molecular weight excluding hydrogens is 187 g/mol. The number of aryl methyl sites for hydroxylation is 1. The van der Waals surface area contributed by atoms with Crippen LogP contribution >= 0.6 is 0 Å². The van der Waals surface area contributed by atoms with Crippen LogP contribution in [0.25, 0.3) is 5.69 Å². The summed E-state index contributed by atoms with van der Waals surface area (Å²) in [5, 5.41) is 19.7. The van der Waals surface area contributed by atoms with Crippen molar-refractivity contribution in [1.82, 2.24) is 20.2 Å². The van der Waals surface area contributed by atoms with Gasteiger partial charge in [0, 0.05) is 6.07 Å². The maximum atomic E-state index is 13.0. The summed E-state index contributed by atoms with van der Waals surface area (Å²) in [6.07, 6.45) is 0. The van der Waals surface area contributed by atoms with Gasteiger partial charge in [0.2, 0.25) is 0 Å². The van der Waals surface area contributed by atoms with Crippen LogP contribution in [0.4, 0.5) is 4.39 Å². The third-order valence-corrected chi connectivity index (χ3v) is 1.80. The predicted octanol–water partition coefficient (Wildman–Crippen LogP) is 0.815. The summed E-state index contributed by atoms with van der Waals surface area (Å²) < 4.78 is 14.3. The summed E-state index contributed by atoms with van der Waals surface area (Å²) in [5.74, 6) is -0.535. The van der Waals surface area contributed by atoms with E-state index in [2.05, 4.69) is 15.5 Å². The van der Waals surface area contributed by atoms with Gasteiger partial charge in [-0.3, -0.25) is 0 Å². The molecule has 2 rings (SSSR count). The Kier molecular flexibility index (Phi) is 1.88. The van der Waals surface area contributed by atoms with Gasteiger partial charge in [-0.15, -0.1) is 5.10 Å². The molecule has 1 heterocycles. The minimum Gasteiger partial charge on any atom is -0.505 e. The fraction of sp³-hybridized carbons (Fsp3) is 0.125. The number of aromatic nitrogens is 4. The van der Waals surface area contributed by atoms with Gasteiger partial charge < -0.3 is 5.11 Å². The molecule has 0 spiro atoms. The van der Waals surface area contributed by atoms with Gasteiger partial charge in [-0.05, 0) is 29.5 Å². The molecule has 0 aliphatic carbocycles. The Bertz CT molecular complexity index is 468. The van der Waals surface area contributed by atoms with E-state index in [0.29, 0.717) is 11.5 Å². The number of phenolic OH excluding ortho intramolecular Hbond substituents is 1. The van der Waals surface area contributed by atoms with E-state index in [1.165, 1.54) is 22.9 Å². The van der Waals surface area contributed by atoms with Crippen molar-refractivity contribution >= 4 is 0 Å². The summed E-state index contributed by atoms with van der Waals surface area (Å²) in [7, 11) is 0. The number of nitrogens with zero attached hydrogens (tertiary/aromatic N) is 4. The van der Waals surface area contributed by atoms with E-state index in [1.807, 2.05) is 0 Å². The zero-order chi connectivity index (χ0) is 10.1. The molecule has 72 valence electrons. The SMILES string of the molecule is Cc1nnnn1-c1ccc(O)c(F)c1. The van der Waals surface area contributed by atoms with E-state index in [1.54, 1.807) is 6.92 Å². The molecule has 0 fully saturated rings. The van der Waals surface area contributed by atoms with Crippen LogP contribution in [0.3, 0.4) is 0 Å². The Morgan fingerprint density at radius 1 is 1.43 bits per heavy atom. The van der Waals surface area contributed by atoms with Crippen molar-refractivity contribution in [3.63, 3.8) is 0 Å². The van der Waals surface area contributed by atoms with Gasteiger partial charge in [0.15, 0.2) is 17.4 Å². The molecule has 0 saturated heterocycles. The molecule has 0 bridgehead atoms. The third-order valence-electron chi connectivity index (χ3n) is 1.80. The van der Waals surface area contributed by atoms with Gasteiger partial charge in [0.05, 0.1) is 5.69 Å². The molecule has 5 nitrogen and oxygen atoms in total. The van der Waals surface area contributed by atoms with Crippen LogP contribution in [0.15, 0.2) is 18.2 Å². The second-order valence-electron chi connectivity index (χ2n) is 2.77. The largest absolute Gasteiger partial charge is 0.505 e. The van der Waals surface area contributed by atoms with Crippen molar-refractivity contribution in [2.75, 3.05) is 0 Å². The Hall–Kier alpha value is -1.98. The summed E-state index contributed by atoms with van der Waals surface area (Å²) in [6.45, 7) is 1.70. The first-order valence-electron chi connectivity index (χ1n) is 3.92. The summed E-state index contributed by atoms with van der Waals surface area (Å²) >= 11 is 0. The zero-order valence-electron chi connectivity index (χ0n) is 7.35. The van der Waals surface area contributed by atoms with Gasteiger partial charge >= 0.3 is 0 Å². The minimum atomic E-state index is -0.697. The number of aromatic hydroxyl groups is 1. The molecule has 0 radical (unpaired) electrons. The van der Waals surface area contributed by atoms with E-state index in [0.717, 1.165) is 0 Å². The van der Waals surface area contributed by atoms with E-state index < -0.39 is 5.82 Å². The zero-order valence-corrected chi connectivity index (χ0v) is 7.35. The average molecular weight is 194 g/mol. The molecule has 0 aliphatic heterocycles. The van der Waals surface area contributed by atoms with Crippen molar-refractivity contribution in [3.05, 3.63) is 29.8 Å². The second-order valence-corrected chi connectivity index (χ2v) is 2.77. The topological polar surface area (TPSA) is 63.8 Å². The summed E-state index contributed by atoms with van der Waals surface area (Å²) in [5.41, 5.74) is 0.475. The van der Waals surface area contributed by atoms with Crippen molar-refractivity contribution in [1.29, 1.82) is 0 Å². The highest BCUT2D eigenvalue weighted by atomic mass is 19.1. The van der Waals surface area contributed by atoms with Gasteiger partial charge in [0.1, 0.15) is 0 Å². The van der Waals surface area contributed by atoms with E-state index in [-0.39, 0.29) is 5.75 Å². The highest BCUT2D eigenvalue weighted by Crippen LogP contribution is 2.18.